The Kier molecular flexibility index (Phi) is 12.1. The van der Waals surface area contributed by atoms with E-state index >= 15 is 0 Å². The van der Waals surface area contributed by atoms with E-state index in [4.69, 9.17) is 19.6 Å². The summed E-state index contributed by atoms with van der Waals surface area (Å²) in [5, 5.41) is 16.7. The zero-order valence-electron chi connectivity index (χ0n) is 32.4. The first-order valence-electron chi connectivity index (χ1n) is 18.2. The lowest BCUT2D eigenvalue weighted by Crippen LogP contribution is -2.18. The third-order valence-corrected chi connectivity index (χ3v) is 9.98. The first-order chi connectivity index (χ1) is 27.4. The number of aliphatic hydroxyl groups is 1. The molecule has 0 aliphatic carbocycles. The molecule has 4 aromatic heterocycles. The largest absolute Gasteiger partial charge is 0.494 e. The maximum Gasteiger partial charge on any atom is 0.297 e. The van der Waals surface area contributed by atoms with Gasteiger partial charge in [-0.25, -0.2) is 9.97 Å². The van der Waals surface area contributed by atoms with Crippen LogP contribution >= 0.6 is 11.3 Å². The van der Waals surface area contributed by atoms with Gasteiger partial charge >= 0.3 is 0 Å². The molecule has 0 saturated heterocycles. The van der Waals surface area contributed by atoms with E-state index in [1.807, 2.05) is 30.6 Å². The number of aliphatic hydroxyl groups excluding tert-OH is 1. The number of allylic oxidation sites excluding steroid dienone is 2. The number of methoxy groups -OCH3 is 1. The number of carbonyl (C=O) groups excluding carboxylic acids is 4. The predicted octanol–water partition coefficient (Wildman–Crippen LogP) is 4.76. The SMILES string of the molecule is CCc1nc(C)oc1C(=O)Nc1nc2cc(C(N)=O)cc(OCCCO)c2n1C/C=C/Cn1/c(=N/C(=O)c2cc(C)nn2CC)sc2cc(C(C)=O)cc(OC)c21. The maximum atomic E-state index is 13.6. The highest BCUT2D eigenvalue weighted by atomic mass is 32.1. The number of nitrogens with zero attached hydrogens (tertiary/aromatic N) is 7. The number of imidazole rings is 1. The Labute approximate surface area is 330 Å². The molecule has 0 unspecified atom stereocenters. The first-order valence-corrected chi connectivity index (χ1v) is 19.0. The standard InChI is InChI=1S/C39H43N9O8S/c1-7-26-34(56-23(5)41-26)37(53)43-38-42-27-17-25(35(40)51)19-30(55-15-11-14-49)32(27)46(38)12-9-10-13-47-33-29(54-6)18-24(22(4)50)20-31(33)57-39(47)44-36(52)28-16-21(3)45-48(28)8-2/h9-10,16-20,49H,7-8,11-15H2,1-6H3,(H2,40,51)(H,42,43,53)/b10-9+,44-39-. The number of hydrogen-bond acceptors (Lipinski definition) is 12. The number of thiazole rings is 1. The summed E-state index contributed by atoms with van der Waals surface area (Å²) in [5.74, 6) is -0.679. The van der Waals surface area contributed by atoms with Gasteiger partial charge in [-0.1, -0.05) is 30.4 Å². The van der Waals surface area contributed by atoms with Crippen LogP contribution < -0.4 is 25.3 Å². The summed E-state index contributed by atoms with van der Waals surface area (Å²) in [6.45, 7) is 9.53. The number of oxazole rings is 1. The summed E-state index contributed by atoms with van der Waals surface area (Å²) in [4.78, 5) is 65.8. The number of carbonyl (C=O) groups is 4. The number of ether oxygens (including phenoxy) is 2. The Morgan fingerprint density at radius 2 is 1.74 bits per heavy atom. The van der Waals surface area contributed by atoms with Crippen molar-refractivity contribution in [1.29, 1.82) is 0 Å². The fourth-order valence-electron chi connectivity index (χ4n) is 6.30. The second-order valence-corrected chi connectivity index (χ2v) is 14.0. The minimum atomic E-state index is -0.700. The minimum Gasteiger partial charge on any atom is -0.494 e. The average Bonchev–Trinajstić information content (AvgIpc) is 3.95. The molecule has 0 fully saturated rings. The van der Waals surface area contributed by atoms with E-state index in [9.17, 15) is 24.3 Å². The molecular formula is C39H43N9O8S. The number of fused-ring (bicyclic) bond motifs is 2. The highest BCUT2D eigenvalue weighted by Gasteiger charge is 2.24. The summed E-state index contributed by atoms with van der Waals surface area (Å²) < 4.78 is 23.2. The molecule has 17 nitrogen and oxygen atoms in total. The smallest absolute Gasteiger partial charge is 0.297 e. The van der Waals surface area contributed by atoms with Crippen LogP contribution in [-0.4, -0.2) is 77.8 Å². The van der Waals surface area contributed by atoms with Crippen LogP contribution in [0.1, 0.15) is 86.2 Å². The number of hydrogen-bond donors (Lipinski definition) is 3. The summed E-state index contributed by atoms with van der Waals surface area (Å²) in [5.41, 5.74) is 9.18. The number of amides is 3. The first kappa shape index (κ1) is 40.3. The van der Waals surface area contributed by atoms with Crippen LogP contribution in [0.5, 0.6) is 11.5 Å². The number of Topliss-reactive ketones (excluding diaryl/α,β-unsaturated/α-hetero) is 1. The molecule has 0 spiro atoms. The van der Waals surface area contributed by atoms with Crippen LogP contribution in [-0.2, 0) is 26.1 Å². The zero-order valence-corrected chi connectivity index (χ0v) is 33.2. The van der Waals surface area contributed by atoms with Crippen molar-refractivity contribution >= 4 is 62.0 Å². The van der Waals surface area contributed by atoms with Gasteiger partial charge in [0.25, 0.3) is 11.8 Å². The molecule has 0 radical (unpaired) electrons. The molecular weight excluding hydrogens is 755 g/mol. The predicted molar refractivity (Wildman–Crippen MR) is 212 cm³/mol. The third kappa shape index (κ3) is 8.41. The van der Waals surface area contributed by atoms with Gasteiger partial charge in [0.1, 0.15) is 28.2 Å². The Balaban J connectivity index is 1.44. The van der Waals surface area contributed by atoms with E-state index in [-0.39, 0.29) is 55.1 Å². The van der Waals surface area contributed by atoms with Crippen LogP contribution in [0.25, 0.3) is 21.3 Å². The Bertz CT molecular complexity index is 2620. The fraction of sp³-hybridized carbons (Fsp3) is 0.333. The Hall–Kier alpha value is -6.40. The van der Waals surface area contributed by atoms with E-state index < -0.39 is 17.7 Å². The molecule has 6 rings (SSSR count). The van der Waals surface area contributed by atoms with Crippen molar-refractivity contribution < 1.29 is 38.2 Å². The lowest BCUT2D eigenvalue weighted by atomic mass is 10.1. The van der Waals surface area contributed by atoms with Gasteiger partial charge in [0, 0.05) is 50.7 Å². The second-order valence-electron chi connectivity index (χ2n) is 12.9. The number of primary amides is 1. The van der Waals surface area contributed by atoms with Crippen LogP contribution in [0.4, 0.5) is 5.95 Å². The van der Waals surface area contributed by atoms with Crippen molar-refractivity contribution in [3.63, 3.8) is 0 Å². The van der Waals surface area contributed by atoms with E-state index in [0.717, 1.165) is 0 Å². The zero-order chi connectivity index (χ0) is 41.0. The Morgan fingerprint density at radius 3 is 2.40 bits per heavy atom. The normalized spacial score (nSPS) is 11.9. The monoisotopic (exact) mass is 797 g/mol. The van der Waals surface area contributed by atoms with Crippen molar-refractivity contribution in [2.45, 2.75) is 67.1 Å². The van der Waals surface area contributed by atoms with Gasteiger partial charge in [-0.15, -0.1) is 0 Å². The van der Waals surface area contributed by atoms with E-state index in [1.165, 1.54) is 37.5 Å². The number of rotatable bonds is 16. The molecule has 4 N–H and O–H groups in total. The second kappa shape index (κ2) is 17.2. The van der Waals surface area contributed by atoms with Crippen molar-refractivity contribution in [3.8, 4) is 11.5 Å². The summed E-state index contributed by atoms with van der Waals surface area (Å²) >= 11 is 1.24. The summed E-state index contributed by atoms with van der Waals surface area (Å²) in [7, 11) is 1.51. The number of benzene rings is 2. The van der Waals surface area contributed by atoms with Crippen LogP contribution in [0, 0.1) is 13.8 Å². The van der Waals surface area contributed by atoms with Gasteiger partial charge in [-0.05, 0) is 57.5 Å². The number of aromatic nitrogens is 6. The molecule has 6 aromatic rings. The van der Waals surface area contributed by atoms with Crippen LogP contribution in [0.2, 0.25) is 0 Å². The molecule has 298 valence electrons. The number of nitrogens with two attached hydrogens (primary N) is 1. The van der Waals surface area contributed by atoms with Gasteiger partial charge in [0.05, 0.1) is 35.3 Å². The third-order valence-electron chi connectivity index (χ3n) is 8.95. The average molecular weight is 798 g/mol. The van der Waals surface area contributed by atoms with Crippen molar-refractivity contribution in [1.82, 2.24) is 28.9 Å². The number of anilines is 1. The molecule has 0 aliphatic rings. The molecule has 0 aliphatic heterocycles. The molecule has 0 atom stereocenters. The molecule has 4 heterocycles. The van der Waals surface area contributed by atoms with E-state index in [2.05, 4.69) is 25.4 Å². The molecule has 0 bridgehead atoms. The molecule has 2 aromatic carbocycles. The highest BCUT2D eigenvalue weighted by molar-refractivity contribution is 7.16. The summed E-state index contributed by atoms with van der Waals surface area (Å²) in [6, 6.07) is 8.10. The molecule has 3 amide bonds. The fourth-order valence-corrected chi connectivity index (χ4v) is 7.39. The Morgan fingerprint density at radius 1 is 1.00 bits per heavy atom. The number of ketones is 1. The van der Waals surface area contributed by atoms with Crippen LogP contribution in [0.3, 0.4) is 0 Å². The van der Waals surface area contributed by atoms with Crippen LogP contribution in [0.15, 0.2) is 51.9 Å². The van der Waals surface area contributed by atoms with Gasteiger partial charge < -0.3 is 33.9 Å². The molecule has 57 heavy (non-hydrogen) atoms. The van der Waals surface area contributed by atoms with Gasteiger partial charge in [-0.3, -0.25) is 29.2 Å². The quantitative estimate of drug-likeness (QED) is 0.0688. The molecule has 18 heteroatoms. The number of aryl methyl sites for hydroxylation is 4. The van der Waals surface area contributed by atoms with Gasteiger partial charge in [-0.2, -0.15) is 10.1 Å². The topological polar surface area (TPSA) is 224 Å². The van der Waals surface area contributed by atoms with Gasteiger partial charge in [0.2, 0.25) is 17.6 Å². The van der Waals surface area contributed by atoms with Crippen molar-refractivity contribution in [3.05, 3.63) is 87.1 Å². The van der Waals surface area contributed by atoms with E-state index in [1.54, 1.807) is 41.3 Å². The van der Waals surface area contributed by atoms with E-state index in [0.29, 0.717) is 79.7 Å². The summed E-state index contributed by atoms with van der Waals surface area (Å²) in [6.07, 6.45) is 4.47. The van der Waals surface area contributed by atoms with Crippen molar-refractivity contribution in [2.24, 2.45) is 10.7 Å². The maximum absolute atomic E-state index is 13.6. The lowest BCUT2D eigenvalue weighted by Gasteiger charge is -2.12. The lowest BCUT2D eigenvalue weighted by molar-refractivity contribution is 0.0981. The van der Waals surface area contributed by atoms with Gasteiger partial charge in [0.15, 0.2) is 16.5 Å². The van der Waals surface area contributed by atoms with Crippen molar-refractivity contribution in [2.75, 3.05) is 25.6 Å². The molecule has 0 saturated carbocycles. The highest BCUT2D eigenvalue weighted by Crippen LogP contribution is 2.33. The minimum absolute atomic E-state index is 0.0481. The number of nitrogens with one attached hydrogen (secondary N) is 1.